The van der Waals surface area contributed by atoms with E-state index >= 15 is 0 Å². The Labute approximate surface area is 116 Å². The quantitative estimate of drug-likeness (QED) is 0.393. The average molecular weight is 273 g/mol. The minimum absolute atomic E-state index is 0.332. The zero-order chi connectivity index (χ0) is 13.5. The van der Waals surface area contributed by atoms with Gasteiger partial charge in [0.2, 0.25) is 0 Å². The van der Waals surface area contributed by atoms with Crippen molar-refractivity contribution in [2.75, 3.05) is 18.1 Å². The Balaban J connectivity index is 1.75. The van der Waals surface area contributed by atoms with Gasteiger partial charge in [0.1, 0.15) is 6.61 Å². The van der Waals surface area contributed by atoms with Crippen LogP contribution in [0.2, 0.25) is 0 Å². The van der Waals surface area contributed by atoms with Gasteiger partial charge in [-0.15, -0.1) is 11.8 Å². The smallest absolute Gasteiger partial charge is 0.338 e. The first-order valence-corrected chi connectivity index (χ1v) is 6.95. The summed E-state index contributed by atoms with van der Waals surface area (Å²) in [5.74, 6) is 0.402. The summed E-state index contributed by atoms with van der Waals surface area (Å²) >= 11 is 1.66. The number of hydrogen-bond donors (Lipinski definition) is 1. The predicted octanol–water partition coefficient (Wildman–Crippen LogP) is 3.22. The van der Waals surface area contributed by atoms with Crippen LogP contribution < -0.4 is 5.73 Å². The molecule has 0 spiro atoms. The summed E-state index contributed by atoms with van der Waals surface area (Å²) in [6.07, 6.45) is 0. The van der Waals surface area contributed by atoms with Crippen LogP contribution in [0.25, 0.3) is 0 Å². The molecule has 0 aromatic heterocycles. The molecule has 0 aliphatic carbocycles. The zero-order valence-corrected chi connectivity index (χ0v) is 11.2. The van der Waals surface area contributed by atoms with Gasteiger partial charge < -0.3 is 10.5 Å². The Bertz CT molecular complexity index is 543. The number of carbonyl (C=O) groups excluding carboxylic acids is 1. The number of nitrogens with two attached hydrogens (primary N) is 1. The first-order valence-electron chi connectivity index (χ1n) is 5.96. The van der Waals surface area contributed by atoms with E-state index in [0.717, 1.165) is 5.75 Å². The van der Waals surface area contributed by atoms with Crippen LogP contribution in [0.5, 0.6) is 0 Å². The summed E-state index contributed by atoms with van der Waals surface area (Å²) in [7, 11) is 0. The van der Waals surface area contributed by atoms with Crippen LogP contribution >= 0.6 is 11.8 Å². The summed E-state index contributed by atoms with van der Waals surface area (Å²) in [5, 5.41) is 0. The summed E-state index contributed by atoms with van der Waals surface area (Å²) in [5.41, 5.74) is 6.67. The number of esters is 1. The standard InChI is InChI=1S/C15H15NO2S/c16-13-6-4-5-12(11-13)15(17)18-9-10-19-14-7-2-1-3-8-14/h1-8,11H,9-10,16H2. The Hall–Kier alpha value is -1.94. The van der Waals surface area contributed by atoms with Gasteiger partial charge in [0, 0.05) is 16.3 Å². The second-order valence-corrected chi connectivity index (χ2v) is 5.09. The Kier molecular flexibility index (Phi) is 4.86. The first kappa shape index (κ1) is 13.5. The van der Waals surface area contributed by atoms with Crippen molar-refractivity contribution < 1.29 is 9.53 Å². The van der Waals surface area contributed by atoms with Gasteiger partial charge in [-0.25, -0.2) is 4.79 Å². The van der Waals surface area contributed by atoms with Crippen molar-refractivity contribution in [3.8, 4) is 0 Å². The molecule has 2 aromatic rings. The van der Waals surface area contributed by atoms with Crippen molar-refractivity contribution in [2.45, 2.75) is 4.90 Å². The highest BCUT2D eigenvalue weighted by Gasteiger charge is 2.06. The fourth-order valence-electron chi connectivity index (χ4n) is 1.56. The molecule has 2 rings (SSSR count). The topological polar surface area (TPSA) is 52.3 Å². The van der Waals surface area contributed by atoms with Crippen LogP contribution in [0.15, 0.2) is 59.5 Å². The molecule has 4 heteroatoms. The molecule has 0 saturated heterocycles. The zero-order valence-electron chi connectivity index (χ0n) is 10.4. The summed E-state index contributed by atoms with van der Waals surface area (Å²) < 4.78 is 5.19. The van der Waals surface area contributed by atoms with Crippen molar-refractivity contribution in [2.24, 2.45) is 0 Å². The molecule has 0 atom stereocenters. The van der Waals surface area contributed by atoms with E-state index in [1.54, 1.807) is 36.0 Å². The van der Waals surface area contributed by atoms with Crippen molar-refractivity contribution in [3.63, 3.8) is 0 Å². The number of rotatable bonds is 5. The third kappa shape index (κ3) is 4.34. The second kappa shape index (κ2) is 6.85. The molecule has 0 aliphatic heterocycles. The molecule has 3 nitrogen and oxygen atoms in total. The van der Waals surface area contributed by atoms with Crippen molar-refractivity contribution >= 4 is 23.4 Å². The van der Waals surface area contributed by atoms with Crippen molar-refractivity contribution in [3.05, 3.63) is 60.2 Å². The highest BCUT2D eigenvalue weighted by atomic mass is 32.2. The molecule has 2 N–H and O–H groups in total. The minimum Gasteiger partial charge on any atom is -0.461 e. The van der Waals surface area contributed by atoms with E-state index in [4.69, 9.17) is 10.5 Å². The fraction of sp³-hybridized carbons (Fsp3) is 0.133. The Morgan fingerprint density at radius 2 is 1.89 bits per heavy atom. The number of anilines is 1. The Morgan fingerprint density at radius 3 is 2.63 bits per heavy atom. The molecule has 0 amide bonds. The van der Waals surface area contributed by atoms with Crippen LogP contribution in [-0.2, 0) is 4.74 Å². The van der Waals surface area contributed by atoms with E-state index in [9.17, 15) is 4.79 Å². The molecule has 98 valence electrons. The van der Waals surface area contributed by atoms with E-state index in [0.29, 0.717) is 17.9 Å². The Morgan fingerprint density at radius 1 is 1.11 bits per heavy atom. The molecule has 0 bridgehead atoms. The maximum absolute atomic E-state index is 11.7. The molecule has 0 radical (unpaired) electrons. The molecule has 0 saturated carbocycles. The second-order valence-electron chi connectivity index (χ2n) is 3.92. The van der Waals surface area contributed by atoms with E-state index in [2.05, 4.69) is 0 Å². The number of ether oxygens (including phenoxy) is 1. The van der Waals surface area contributed by atoms with Crippen molar-refractivity contribution in [1.29, 1.82) is 0 Å². The maximum Gasteiger partial charge on any atom is 0.338 e. The largest absolute Gasteiger partial charge is 0.461 e. The lowest BCUT2D eigenvalue weighted by Gasteiger charge is -2.05. The highest BCUT2D eigenvalue weighted by Crippen LogP contribution is 2.16. The number of hydrogen-bond acceptors (Lipinski definition) is 4. The van der Waals surface area contributed by atoms with Gasteiger partial charge in [0.15, 0.2) is 0 Å². The van der Waals surface area contributed by atoms with E-state index in [-0.39, 0.29) is 5.97 Å². The van der Waals surface area contributed by atoms with Crippen molar-refractivity contribution in [1.82, 2.24) is 0 Å². The molecule has 19 heavy (non-hydrogen) atoms. The van der Waals surface area contributed by atoms with Gasteiger partial charge in [-0.05, 0) is 30.3 Å². The molecule has 0 fully saturated rings. The van der Waals surface area contributed by atoms with Gasteiger partial charge in [-0.1, -0.05) is 24.3 Å². The van der Waals surface area contributed by atoms with Gasteiger partial charge in [-0.3, -0.25) is 0 Å². The summed E-state index contributed by atoms with van der Waals surface area (Å²) in [6, 6.07) is 16.8. The number of benzene rings is 2. The normalized spacial score (nSPS) is 10.1. The molecule has 2 aromatic carbocycles. The van der Waals surface area contributed by atoms with Gasteiger partial charge in [0.25, 0.3) is 0 Å². The highest BCUT2D eigenvalue weighted by molar-refractivity contribution is 7.99. The van der Waals surface area contributed by atoms with E-state index in [1.807, 2.05) is 30.3 Å². The number of nitrogen functional groups attached to an aromatic ring is 1. The number of thioether (sulfide) groups is 1. The predicted molar refractivity (Wildman–Crippen MR) is 78.3 cm³/mol. The third-order valence-electron chi connectivity index (χ3n) is 2.45. The first-order chi connectivity index (χ1) is 9.25. The van der Waals surface area contributed by atoms with Crippen LogP contribution in [0, 0.1) is 0 Å². The fourth-order valence-corrected chi connectivity index (χ4v) is 2.31. The molecular formula is C15H15NO2S. The van der Waals surface area contributed by atoms with Crippen LogP contribution in [0.3, 0.4) is 0 Å². The van der Waals surface area contributed by atoms with E-state index < -0.39 is 0 Å². The monoisotopic (exact) mass is 273 g/mol. The molecular weight excluding hydrogens is 258 g/mol. The SMILES string of the molecule is Nc1cccc(C(=O)OCCSc2ccccc2)c1. The lowest BCUT2D eigenvalue weighted by molar-refractivity contribution is 0.0530. The van der Waals surface area contributed by atoms with Gasteiger partial charge in [0.05, 0.1) is 5.56 Å². The molecule has 0 unspecified atom stereocenters. The van der Waals surface area contributed by atoms with Crippen LogP contribution in [0.4, 0.5) is 5.69 Å². The molecule has 0 heterocycles. The third-order valence-corrected chi connectivity index (χ3v) is 3.43. The average Bonchev–Trinajstić information content (AvgIpc) is 2.44. The molecule has 0 aliphatic rings. The van der Waals surface area contributed by atoms with Gasteiger partial charge >= 0.3 is 5.97 Å². The van der Waals surface area contributed by atoms with Crippen LogP contribution in [-0.4, -0.2) is 18.3 Å². The van der Waals surface area contributed by atoms with E-state index in [1.165, 1.54) is 4.90 Å². The minimum atomic E-state index is -0.332. The lowest BCUT2D eigenvalue weighted by Crippen LogP contribution is -2.08. The lowest BCUT2D eigenvalue weighted by atomic mass is 10.2. The summed E-state index contributed by atoms with van der Waals surface area (Å²) in [6.45, 7) is 0.382. The summed E-state index contributed by atoms with van der Waals surface area (Å²) in [4.78, 5) is 12.9. The number of carbonyl (C=O) groups is 1. The maximum atomic E-state index is 11.7. The van der Waals surface area contributed by atoms with Gasteiger partial charge in [-0.2, -0.15) is 0 Å². The van der Waals surface area contributed by atoms with Crippen LogP contribution in [0.1, 0.15) is 10.4 Å².